The zero-order chi connectivity index (χ0) is 22.0. The van der Waals surface area contributed by atoms with Crippen molar-refractivity contribution in [2.75, 3.05) is 5.32 Å². The molecule has 0 unspecified atom stereocenters. The van der Waals surface area contributed by atoms with Crippen molar-refractivity contribution in [1.82, 2.24) is 4.98 Å². The van der Waals surface area contributed by atoms with Gasteiger partial charge in [-0.1, -0.05) is 57.1 Å². The van der Waals surface area contributed by atoms with Gasteiger partial charge in [-0.15, -0.1) is 0 Å². The first-order valence-electron chi connectivity index (χ1n) is 8.99. The fourth-order valence-corrected chi connectivity index (χ4v) is 4.42. The van der Waals surface area contributed by atoms with E-state index in [4.69, 9.17) is 11.6 Å². The van der Waals surface area contributed by atoms with Crippen molar-refractivity contribution in [3.8, 4) is 21.7 Å². The van der Waals surface area contributed by atoms with Gasteiger partial charge in [0.2, 0.25) is 0 Å². The van der Waals surface area contributed by atoms with Gasteiger partial charge in [0.25, 0.3) is 11.6 Å². The Hall–Kier alpha value is -3.07. The molecule has 154 valence electrons. The Morgan fingerprint density at radius 1 is 1.03 bits per heavy atom. The van der Waals surface area contributed by atoms with Gasteiger partial charge >= 0.3 is 0 Å². The molecule has 31 heavy (non-hydrogen) atoms. The molecule has 0 radical (unpaired) electrons. The monoisotopic (exact) mass is 513 g/mol. The Morgan fingerprint density at radius 3 is 2.35 bits per heavy atom. The zero-order valence-electron chi connectivity index (χ0n) is 15.7. The normalized spacial score (nSPS) is 10.6. The molecule has 0 fully saturated rings. The smallest absolute Gasteiger partial charge is 0.269 e. The molecule has 1 amide bonds. The van der Waals surface area contributed by atoms with Crippen molar-refractivity contribution >= 4 is 55.6 Å². The van der Waals surface area contributed by atoms with E-state index in [9.17, 15) is 14.9 Å². The Morgan fingerprint density at radius 2 is 1.71 bits per heavy atom. The third-order valence-electron chi connectivity index (χ3n) is 4.39. The van der Waals surface area contributed by atoms with Crippen LogP contribution in [0.2, 0.25) is 5.02 Å². The van der Waals surface area contributed by atoms with Crippen LogP contribution in [0, 0.1) is 10.1 Å². The lowest BCUT2D eigenvalue weighted by atomic mass is 10.1. The first-order valence-corrected chi connectivity index (χ1v) is 11.0. The van der Waals surface area contributed by atoms with Gasteiger partial charge in [-0.3, -0.25) is 20.2 Å². The van der Waals surface area contributed by atoms with Crippen LogP contribution in [0.25, 0.3) is 21.7 Å². The van der Waals surface area contributed by atoms with E-state index in [1.165, 1.54) is 23.5 Å². The fraction of sp³-hybridized carbons (Fsp3) is 0. The number of carbonyl (C=O) groups is 1. The molecule has 0 saturated heterocycles. The van der Waals surface area contributed by atoms with Gasteiger partial charge in [0.15, 0.2) is 5.13 Å². The number of carbonyl (C=O) groups excluding carboxylic acids is 1. The summed E-state index contributed by atoms with van der Waals surface area (Å²) < 4.78 is 0.799. The summed E-state index contributed by atoms with van der Waals surface area (Å²) in [5, 5.41) is 14.8. The standard InChI is InChI=1S/C22H13BrClN3O3S/c23-16-3-1-2-15(12-16)21(28)26-22-25-19(13-4-8-17(24)9-5-13)20(31-22)14-6-10-18(11-7-14)27(29)30/h1-12H,(H,25,26,28). The highest BCUT2D eigenvalue weighted by atomic mass is 79.9. The molecule has 1 heterocycles. The molecule has 0 atom stereocenters. The maximum atomic E-state index is 12.7. The molecule has 1 N–H and O–H groups in total. The van der Waals surface area contributed by atoms with Gasteiger partial charge in [0.05, 0.1) is 15.5 Å². The van der Waals surface area contributed by atoms with Crippen LogP contribution in [0.1, 0.15) is 10.4 Å². The van der Waals surface area contributed by atoms with Gasteiger partial charge in [0, 0.05) is 32.8 Å². The summed E-state index contributed by atoms with van der Waals surface area (Å²) in [6.07, 6.45) is 0. The first-order chi connectivity index (χ1) is 14.9. The van der Waals surface area contributed by atoms with E-state index in [-0.39, 0.29) is 11.6 Å². The van der Waals surface area contributed by atoms with E-state index in [1.54, 1.807) is 42.5 Å². The number of non-ortho nitro benzene ring substituents is 1. The number of nitro benzene ring substituents is 1. The van der Waals surface area contributed by atoms with Crippen molar-refractivity contribution in [3.05, 3.63) is 98.0 Å². The topological polar surface area (TPSA) is 85.1 Å². The minimum Gasteiger partial charge on any atom is -0.298 e. The highest BCUT2D eigenvalue weighted by Gasteiger charge is 2.18. The van der Waals surface area contributed by atoms with E-state index in [1.807, 2.05) is 18.2 Å². The molecule has 6 nitrogen and oxygen atoms in total. The van der Waals surface area contributed by atoms with Gasteiger partial charge in [0.1, 0.15) is 0 Å². The Kier molecular flexibility index (Phi) is 6.13. The van der Waals surface area contributed by atoms with Crippen LogP contribution in [-0.2, 0) is 0 Å². The summed E-state index contributed by atoms with van der Waals surface area (Å²) >= 11 is 10.7. The molecule has 4 aromatic rings. The second-order valence-electron chi connectivity index (χ2n) is 6.47. The molecule has 0 bridgehead atoms. The van der Waals surface area contributed by atoms with Crippen LogP contribution >= 0.6 is 38.9 Å². The van der Waals surface area contributed by atoms with E-state index < -0.39 is 4.92 Å². The number of rotatable bonds is 5. The maximum absolute atomic E-state index is 12.7. The molecule has 9 heteroatoms. The van der Waals surface area contributed by atoms with E-state index >= 15 is 0 Å². The van der Waals surface area contributed by atoms with Crippen LogP contribution in [0.4, 0.5) is 10.8 Å². The molecule has 0 aliphatic rings. The Labute approximate surface area is 194 Å². The number of thiazole rings is 1. The van der Waals surface area contributed by atoms with Crippen LogP contribution in [-0.4, -0.2) is 15.8 Å². The average Bonchev–Trinajstić information content (AvgIpc) is 3.18. The van der Waals surface area contributed by atoms with Crippen LogP contribution in [0.5, 0.6) is 0 Å². The average molecular weight is 515 g/mol. The third kappa shape index (κ3) is 4.82. The number of hydrogen-bond donors (Lipinski definition) is 1. The number of hydrogen-bond acceptors (Lipinski definition) is 5. The largest absolute Gasteiger partial charge is 0.298 e. The van der Waals surface area contributed by atoms with Crippen LogP contribution < -0.4 is 5.32 Å². The molecule has 0 aliphatic heterocycles. The molecule has 3 aromatic carbocycles. The van der Waals surface area contributed by atoms with Crippen LogP contribution in [0.15, 0.2) is 77.3 Å². The van der Waals surface area contributed by atoms with Gasteiger partial charge in [-0.25, -0.2) is 4.98 Å². The molecular formula is C22H13BrClN3O3S. The summed E-state index contributed by atoms with van der Waals surface area (Å²) in [6.45, 7) is 0. The Bertz CT molecular complexity index is 1270. The molecule has 0 saturated carbocycles. The van der Waals surface area contributed by atoms with Gasteiger partial charge in [-0.2, -0.15) is 0 Å². The van der Waals surface area contributed by atoms with Crippen molar-refractivity contribution in [2.45, 2.75) is 0 Å². The maximum Gasteiger partial charge on any atom is 0.269 e. The highest BCUT2D eigenvalue weighted by molar-refractivity contribution is 9.10. The van der Waals surface area contributed by atoms with E-state index in [0.29, 0.717) is 21.4 Å². The summed E-state index contributed by atoms with van der Waals surface area (Å²) in [6, 6.07) is 20.5. The summed E-state index contributed by atoms with van der Waals surface area (Å²) in [5.41, 5.74) is 2.73. The minimum atomic E-state index is -0.444. The summed E-state index contributed by atoms with van der Waals surface area (Å²) in [7, 11) is 0. The summed E-state index contributed by atoms with van der Waals surface area (Å²) in [4.78, 5) is 28.6. The summed E-state index contributed by atoms with van der Waals surface area (Å²) in [5.74, 6) is -0.284. The number of amides is 1. The molecule has 1 aromatic heterocycles. The lowest BCUT2D eigenvalue weighted by Crippen LogP contribution is -2.11. The number of halogens is 2. The lowest BCUT2D eigenvalue weighted by Gasteiger charge is -2.03. The first kappa shape index (κ1) is 21.2. The second-order valence-corrected chi connectivity index (χ2v) is 8.82. The number of nitrogens with one attached hydrogen (secondary N) is 1. The number of benzene rings is 3. The quantitative estimate of drug-likeness (QED) is 0.228. The van der Waals surface area contributed by atoms with Crippen molar-refractivity contribution < 1.29 is 9.72 Å². The van der Waals surface area contributed by atoms with Crippen molar-refractivity contribution in [1.29, 1.82) is 0 Å². The highest BCUT2D eigenvalue weighted by Crippen LogP contribution is 2.40. The fourth-order valence-electron chi connectivity index (χ4n) is 2.91. The third-order valence-corrected chi connectivity index (χ3v) is 6.16. The molecule has 0 aliphatic carbocycles. The SMILES string of the molecule is O=C(Nc1nc(-c2ccc(Cl)cc2)c(-c2ccc([N+](=O)[O-])cc2)s1)c1cccc(Br)c1. The number of aromatic nitrogens is 1. The van der Waals surface area contributed by atoms with Gasteiger partial charge < -0.3 is 0 Å². The number of nitro groups is 1. The Balaban J connectivity index is 1.74. The predicted octanol–water partition coefficient (Wildman–Crippen LogP) is 7.05. The number of anilines is 1. The van der Waals surface area contributed by atoms with Crippen molar-refractivity contribution in [2.24, 2.45) is 0 Å². The van der Waals surface area contributed by atoms with E-state index in [0.717, 1.165) is 20.5 Å². The zero-order valence-corrected chi connectivity index (χ0v) is 18.9. The predicted molar refractivity (Wildman–Crippen MR) is 127 cm³/mol. The lowest BCUT2D eigenvalue weighted by molar-refractivity contribution is -0.384. The molecule has 0 spiro atoms. The van der Waals surface area contributed by atoms with Crippen molar-refractivity contribution in [3.63, 3.8) is 0 Å². The number of nitrogens with zero attached hydrogens (tertiary/aromatic N) is 2. The molecular weight excluding hydrogens is 502 g/mol. The van der Waals surface area contributed by atoms with E-state index in [2.05, 4.69) is 26.2 Å². The van der Waals surface area contributed by atoms with Crippen LogP contribution in [0.3, 0.4) is 0 Å². The molecule has 4 rings (SSSR count). The second kappa shape index (κ2) is 8.97. The minimum absolute atomic E-state index is 0.00416. The van der Waals surface area contributed by atoms with Gasteiger partial charge in [-0.05, 0) is 48.0 Å².